The van der Waals surface area contributed by atoms with E-state index >= 15 is 0 Å². The second-order valence-corrected chi connectivity index (χ2v) is 7.82. The van der Waals surface area contributed by atoms with E-state index in [2.05, 4.69) is 63.2 Å². The van der Waals surface area contributed by atoms with Crippen LogP contribution in [0.4, 0.5) is 0 Å². The smallest absolute Gasteiger partial charge is 0.0372 e. The first-order valence-corrected chi connectivity index (χ1v) is 8.56. The summed E-state index contributed by atoms with van der Waals surface area (Å²) in [6.07, 6.45) is 7.50. The molecule has 0 radical (unpaired) electrons. The summed E-state index contributed by atoms with van der Waals surface area (Å²) >= 11 is 0. The van der Waals surface area contributed by atoms with Gasteiger partial charge in [0.15, 0.2) is 0 Å². The van der Waals surface area contributed by atoms with Crippen molar-refractivity contribution < 1.29 is 0 Å². The van der Waals surface area contributed by atoms with Crippen LogP contribution in [0.25, 0.3) is 0 Å². The largest absolute Gasteiger partial charge is 0.312 e. The molecule has 0 spiro atoms. The molecule has 3 unspecified atom stereocenters. The van der Waals surface area contributed by atoms with E-state index < -0.39 is 0 Å². The maximum Gasteiger partial charge on any atom is 0.0372 e. The minimum atomic E-state index is 0.206. The maximum absolute atomic E-state index is 4.53. The molecule has 2 rings (SSSR count). The quantitative estimate of drug-likeness (QED) is 0.869. The number of aromatic nitrogens is 1. The lowest BCUT2D eigenvalue weighted by molar-refractivity contribution is 0.213. The Labute approximate surface area is 130 Å². The Morgan fingerprint density at radius 1 is 1.24 bits per heavy atom. The first kappa shape index (κ1) is 16.5. The molecule has 1 aliphatic rings. The molecule has 1 N–H and O–H groups in total. The Balaban J connectivity index is 2.11. The summed E-state index contributed by atoms with van der Waals surface area (Å²) in [6.45, 7) is 12.3. The van der Waals surface area contributed by atoms with Crippen LogP contribution in [0.15, 0.2) is 18.3 Å². The molecule has 1 fully saturated rings. The van der Waals surface area contributed by atoms with Crippen molar-refractivity contribution in [3.63, 3.8) is 0 Å². The fourth-order valence-corrected chi connectivity index (χ4v) is 3.48. The van der Waals surface area contributed by atoms with Crippen LogP contribution >= 0.6 is 0 Å². The number of pyridine rings is 1. The summed E-state index contributed by atoms with van der Waals surface area (Å²) in [5.41, 5.74) is 2.77. The van der Waals surface area contributed by atoms with Crippen LogP contribution in [0, 0.1) is 18.8 Å². The monoisotopic (exact) mass is 288 g/mol. The molecule has 1 saturated carbocycles. The third kappa shape index (κ3) is 4.81. The minimum Gasteiger partial charge on any atom is -0.312 e. The molecule has 0 aromatic carbocycles. The van der Waals surface area contributed by atoms with E-state index in [-0.39, 0.29) is 5.54 Å². The highest BCUT2D eigenvalue weighted by molar-refractivity contribution is 5.20. The zero-order valence-electron chi connectivity index (χ0n) is 14.4. The standard InChI is InChI=1S/C19H32N2/c1-6-15-8-10-17(13-21-19(3,4)5)18(11-15)16-9-7-14(2)20-12-16/h7,9,12,15,17-18,21H,6,8,10-11,13H2,1-5H3. The van der Waals surface area contributed by atoms with Gasteiger partial charge in [0.1, 0.15) is 0 Å². The third-order valence-corrected chi connectivity index (χ3v) is 4.94. The highest BCUT2D eigenvalue weighted by Gasteiger charge is 2.31. The van der Waals surface area contributed by atoms with E-state index in [9.17, 15) is 0 Å². The van der Waals surface area contributed by atoms with Crippen LogP contribution in [-0.2, 0) is 0 Å². The fraction of sp³-hybridized carbons (Fsp3) is 0.737. The van der Waals surface area contributed by atoms with E-state index in [1.807, 2.05) is 0 Å². The van der Waals surface area contributed by atoms with Gasteiger partial charge >= 0.3 is 0 Å². The average Bonchev–Trinajstić information content (AvgIpc) is 2.45. The van der Waals surface area contributed by atoms with Crippen LogP contribution in [0.2, 0.25) is 0 Å². The van der Waals surface area contributed by atoms with Crippen molar-refractivity contribution in [2.45, 2.75) is 71.8 Å². The van der Waals surface area contributed by atoms with E-state index in [1.54, 1.807) is 0 Å². The fourth-order valence-electron chi connectivity index (χ4n) is 3.48. The zero-order chi connectivity index (χ0) is 15.5. The van der Waals surface area contributed by atoms with Gasteiger partial charge in [-0.1, -0.05) is 25.8 Å². The lowest BCUT2D eigenvalue weighted by Crippen LogP contribution is -2.41. The van der Waals surface area contributed by atoms with Gasteiger partial charge in [0.2, 0.25) is 0 Å². The highest BCUT2D eigenvalue weighted by atomic mass is 14.9. The predicted octanol–water partition coefficient (Wildman–Crippen LogP) is 4.69. The summed E-state index contributed by atoms with van der Waals surface area (Å²) in [6, 6.07) is 4.47. The summed E-state index contributed by atoms with van der Waals surface area (Å²) in [5.74, 6) is 2.31. The van der Waals surface area contributed by atoms with E-state index in [1.165, 1.54) is 31.2 Å². The Kier molecular flexibility index (Phi) is 5.43. The van der Waals surface area contributed by atoms with Crippen LogP contribution < -0.4 is 5.32 Å². The number of nitrogens with one attached hydrogen (secondary N) is 1. The molecule has 0 bridgehead atoms. The Morgan fingerprint density at radius 2 is 2.00 bits per heavy atom. The average molecular weight is 288 g/mol. The zero-order valence-corrected chi connectivity index (χ0v) is 14.4. The number of aryl methyl sites for hydroxylation is 1. The SMILES string of the molecule is CCC1CCC(CNC(C)(C)C)C(c2ccc(C)nc2)C1. The summed E-state index contributed by atoms with van der Waals surface area (Å²) in [7, 11) is 0. The predicted molar refractivity (Wildman–Crippen MR) is 90.6 cm³/mol. The van der Waals surface area contributed by atoms with Crippen LogP contribution in [0.3, 0.4) is 0 Å². The van der Waals surface area contributed by atoms with Crippen molar-refractivity contribution in [1.29, 1.82) is 0 Å². The molecule has 0 aliphatic heterocycles. The third-order valence-electron chi connectivity index (χ3n) is 4.94. The van der Waals surface area contributed by atoms with Gasteiger partial charge < -0.3 is 5.32 Å². The summed E-state index contributed by atoms with van der Waals surface area (Å²) < 4.78 is 0. The van der Waals surface area contributed by atoms with E-state index in [4.69, 9.17) is 0 Å². The maximum atomic E-state index is 4.53. The van der Waals surface area contributed by atoms with Gasteiger partial charge in [-0.25, -0.2) is 0 Å². The van der Waals surface area contributed by atoms with Crippen LogP contribution in [-0.4, -0.2) is 17.1 Å². The molecule has 1 aromatic rings. The first-order valence-electron chi connectivity index (χ1n) is 8.56. The van der Waals surface area contributed by atoms with Crippen LogP contribution in [0.1, 0.15) is 70.6 Å². The van der Waals surface area contributed by atoms with Gasteiger partial charge in [0, 0.05) is 17.4 Å². The number of hydrogen-bond donors (Lipinski definition) is 1. The number of nitrogens with zero attached hydrogens (tertiary/aromatic N) is 1. The van der Waals surface area contributed by atoms with Gasteiger partial charge in [-0.3, -0.25) is 4.98 Å². The molecule has 2 nitrogen and oxygen atoms in total. The topological polar surface area (TPSA) is 24.9 Å². The molecule has 3 atom stereocenters. The molecule has 1 aliphatic carbocycles. The minimum absolute atomic E-state index is 0.206. The molecule has 0 saturated heterocycles. The van der Waals surface area contributed by atoms with Gasteiger partial charge in [-0.05, 0) is 76.5 Å². The molecule has 2 heteroatoms. The number of rotatable bonds is 4. The van der Waals surface area contributed by atoms with E-state index in [0.717, 1.165) is 24.1 Å². The van der Waals surface area contributed by atoms with Gasteiger partial charge in [-0.15, -0.1) is 0 Å². The van der Waals surface area contributed by atoms with Crippen molar-refractivity contribution >= 4 is 0 Å². The summed E-state index contributed by atoms with van der Waals surface area (Å²) in [5, 5.41) is 3.72. The van der Waals surface area contributed by atoms with Gasteiger partial charge in [0.05, 0.1) is 0 Å². The van der Waals surface area contributed by atoms with Crippen molar-refractivity contribution in [3.05, 3.63) is 29.6 Å². The molecule has 1 heterocycles. The van der Waals surface area contributed by atoms with Crippen molar-refractivity contribution in [1.82, 2.24) is 10.3 Å². The second kappa shape index (κ2) is 6.91. The van der Waals surface area contributed by atoms with Crippen molar-refractivity contribution in [2.24, 2.45) is 11.8 Å². The van der Waals surface area contributed by atoms with Gasteiger partial charge in [0.25, 0.3) is 0 Å². The highest BCUT2D eigenvalue weighted by Crippen LogP contribution is 2.41. The Bertz CT molecular complexity index is 430. The van der Waals surface area contributed by atoms with Gasteiger partial charge in [-0.2, -0.15) is 0 Å². The number of hydrogen-bond acceptors (Lipinski definition) is 2. The molecule has 0 amide bonds. The molecule has 21 heavy (non-hydrogen) atoms. The lowest BCUT2D eigenvalue weighted by atomic mass is 9.70. The Hall–Kier alpha value is -0.890. The van der Waals surface area contributed by atoms with Crippen molar-refractivity contribution in [3.8, 4) is 0 Å². The Morgan fingerprint density at radius 3 is 2.57 bits per heavy atom. The molecule has 118 valence electrons. The molecular weight excluding hydrogens is 256 g/mol. The molecule has 1 aromatic heterocycles. The normalized spacial score (nSPS) is 26.8. The second-order valence-electron chi connectivity index (χ2n) is 7.82. The summed E-state index contributed by atoms with van der Waals surface area (Å²) in [4.78, 5) is 4.53. The molecular formula is C19H32N2. The first-order chi connectivity index (χ1) is 9.89. The lowest BCUT2D eigenvalue weighted by Gasteiger charge is -2.38. The van der Waals surface area contributed by atoms with Crippen LogP contribution in [0.5, 0.6) is 0 Å². The van der Waals surface area contributed by atoms with E-state index in [0.29, 0.717) is 5.92 Å². The van der Waals surface area contributed by atoms with Crippen molar-refractivity contribution in [2.75, 3.05) is 6.54 Å².